The summed E-state index contributed by atoms with van der Waals surface area (Å²) in [6, 6.07) is 6.80. The zero-order valence-corrected chi connectivity index (χ0v) is 15.1. The number of aromatic nitrogens is 3. The Kier molecular flexibility index (Phi) is 4.67. The summed E-state index contributed by atoms with van der Waals surface area (Å²) < 4.78 is 6.57. The summed E-state index contributed by atoms with van der Waals surface area (Å²) in [5.41, 5.74) is 2.24. The Bertz CT molecular complexity index is 953. The third-order valence-electron chi connectivity index (χ3n) is 3.62. The largest absolute Gasteiger partial charge is 0.464 e. The molecule has 0 saturated carbocycles. The average molecular weight is 385 g/mol. The van der Waals surface area contributed by atoms with Crippen molar-refractivity contribution in [3.05, 3.63) is 56.4 Å². The number of carbonyl (C=O) groups is 1. The SMILES string of the molecule is COC(=O)c1ccc2nc(C)n(Cc3ccc(Cl)c(Cl)c3Cl)c2n1. The monoisotopic (exact) mass is 383 g/mol. The molecule has 2 aromatic heterocycles. The molecule has 8 heteroatoms. The normalized spacial score (nSPS) is 11.0. The molecule has 0 atom stereocenters. The van der Waals surface area contributed by atoms with Crippen LogP contribution in [-0.4, -0.2) is 27.6 Å². The molecule has 0 aliphatic carbocycles. The molecule has 0 aliphatic rings. The second kappa shape index (κ2) is 6.59. The minimum Gasteiger partial charge on any atom is -0.464 e. The van der Waals surface area contributed by atoms with E-state index in [1.807, 2.05) is 11.5 Å². The topological polar surface area (TPSA) is 57.0 Å². The van der Waals surface area contributed by atoms with Crippen molar-refractivity contribution in [2.24, 2.45) is 0 Å². The number of ether oxygens (including phenoxy) is 1. The molecule has 3 rings (SSSR count). The molecule has 24 heavy (non-hydrogen) atoms. The summed E-state index contributed by atoms with van der Waals surface area (Å²) in [4.78, 5) is 20.5. The smallest absolute Gasteiger partial charge is 0.356 e. The van der Waals surface area contributed by atoms with Crippen molar-refractivity contribution in [2.45, 2.75) is 13.5 Å². The van der Waals surface area contributed by atoms with Crippen molar-refractivity contribution in [3.63, 3.8) is 0 Å². The van der Waals surface area contributed by atoms with Crippen molar-refractivity contribution in [3.8, 4) is 0 Å². The van der Waals surface area contributed by atoms with Crippen LogP contribution < -0.4 is 0 Å². The number of imidazole rings is 1. The predicted octanol–water partition coefficient (Wildman–Crippen LogP) is 4.53. The van der Waals surface area contributed by atoms with E-state index in [-0.39, 0.29) is 5.69 Å². The summed E-state index contributed by atoms with van der Waals surface area (Å²) in [5.74, 6) is 0.233. The second-order valence-electron chi connectivity index (χ2n) is 5.11. The van der Waals surface area contributed by atoms with Gasteiger partial charge in [-0.2, -0.15) is 0 Å². The lowest BCUT2D eigenvalue weighted by Gasteiger charge is -2.10. The maximum absolute atomic E-state index is 11.7. The molecule has 0 amide bonds. The Morgan fingerprint density at radius 3 is 2.58 bits per heavy atom. The number of aryl methyl sites for hydroxylation is 1. The second-order valence-corrected chi connectivity index (χ2v) is 6.27. The fourth-order valence-corrected chi connectivity index (χ4v) is 3.00. The van der Waals surface area contributed by atoms with Crippen LogP contribution in [0.25, 0.3) is 11.2 Å². The molecule has 2 heterocycles. The zero-order valence-electron chi connectivity index (χ0n) is 12.8. The van der Waals surface area contributed by atoms with Crippen LogP contribution in [-0.2, 0) is 11.3 Å². The third kappa shape index (κ3) is 2.95. The lowest BCUT2D eigenvalue weighted by atomic mass is 10.2. The van der Waals surface area contributed by atoms with E-state index in [9.17, 15) is 4.79 Å². The van der Waals surface area contributed by atoms with Gasteiger partial charge in [0.25, 0.3) is 0 Å². The van der Waals surface area contributed by atoms with Gasteiger partial charge < -0.3 is 9.30 Å². The lowest BCUT2D eigenvalue weighted by Crippen LogP contribution is -2.07. The molecule has 5 nitrogen and oxygen atoms in total. The number of hydrogen-bond donors (Lipinski definition) is 0. The van der Waals surface area contributed by atoms with Crippen molar-refractivity contribution < 1.29 is 9.53 Å². The van der Waals surface area contributed by atoms with E-state index in [0.29, 0.717) is 32.8 Å². The molecule has 0 fully saturated rings. The van der Waals surface area contributed by atoms with E-state index in [1.54, 1.807) is 24.3 Å². The molecule has 0 unspecified atom stereocenters. The Morgan fingerprint density at radius 2 is 1.88 bits per heavy atom. The third-order valence-corrected chi connectivity index (χ3v) is 4.95. The van der Waals surface area contributed by atoms with Crippen LogP contribution in [0.4, 0.5) is 0 Å². The number of fused-ring (bicyclic) bond motifs is 1. The van der Waals surface area contributed by atoms with Crippen LogP contribution >= 0.6 is 34.8 Å². The number of esters is 1. The van der Waals surface area contributed by atoms with Gasteiger partial charge in [-0.15, -0.1) is 0 Å². The fourth-order valence-electron chi connectivity index (χ4n) is 2.38. The van der Waals surface area contributed by atoms with Gasteiger partial charge in [-0.3, -0.25) is 0 Å². The van der Waals surface area contributed by atoms with E-state index in [2.05, 4.69) is 9.97 Å². The molecule has 0 spiro atoms. The number of benzene rings is 1. The first-order chi connectivity index (χ1) is 11.4. The number of halogens is 3. The van der Waals surface area contributed by atoms with E-state index in [1.165, 1.54) is 7.11 Å². The van der Waals surface area contributed by atoms with Gasteiger partial charge in [0.05, 0.1) is 28.7 Å². The average Bonchev–Trinajstić information content (AvgIpc) is 2.89. The van der Waals surface area contributed by atoms with E-state index >= 15 is 0 Å². The highest BCUT2D eigenvalue weighted by Gasteiger charge is 2.16. The molecule has 0 saturated heterocycles. The van der Waals surface area contributed by atoms with Gasteiger partial charge in [-0.1, -0.05) is 40.9 Å². The van der Waals surface area contributed by atoms with Crippen molar-refractivity contribution >= 4 is 51.9 Å². The van der Waals surface area contributed by atoms with E-state index in [0.717, 1.165) is 11.4 Å². The van der Waals surface area contributed by atoms with Gasteiger partial charge in [-0.05, 0) is 30.7 Å². The summed E-state index contributed by atoms with van der Waals surface area (Å²) >= 11 is 18.3. The molecule has 0 aliphatic heterocycles. The summed E-state index contributed by atoms with van der Waals surface area (Å²) in [7, 11) is 1.31. The standard InChI is InChI=1S/C16H12Cl3N3O2/c1-8-20-11-5-6-12(16(23)24-2)21-15(11)22(8)7-9-3-4-10(17)14(19)13(9)18/h3-6H,7H2,1-2H3. The fraction of sp³-hybridized carbons (Fsp3) is 0.188. The van der Waals surface area contributed by atoms with E-state index < -0.39 is 5.97 Å². The first-order valence-corrected chi connectivity index (χ1v) is 8.10. The Hall–Kier alpha value is -1.82. The van der Waals surface area contributed by atoms with Crippen LogP contribution in [0.2, 0.25) is 15.1 Å². The lowest BCUT2D eigenvalue weighted by molar-refractivity contribution is 0.0594. The first-order valence-electron chi connectivity index (χ1n) is 6.97. The zero-order chi connectivity index (χ0) is 17.4. The quantitative estimate of drug-likeness (QED) is 0.491. The predicted molar refractivity (Wildman–Crippen MR) is 94.2 cm³/mol. The molecule has 0 bridgehead atoms. The molecular formula is C16H12Cl3N3O2. The van der Waals surface area contributed by atoms with Gasteiger partial charge in [-0.25, -0.2) is 14.8 Å². The van der Waals surface area contributed by atoms with Crippen LogP contribution in [0.15, 0.2) is 24.3 Å². The highest BCUT2D eigenvalue weighted by atomic mass is 35.5. The number of nitrogens with zero attached hydrogens (tertiary/aromatic N) is 3. The van der Waals surface area contributed by atoms with Gasteiger partial charge >= 0.3 is 5.97 Å². The van der Waals surface area contributed by atoms with Crippen LogP contribution in [0.5, 0.6) is 0 Å². The highest BCUT2D eigenvalue weighted by molar-refractivity contribution is 6.48. The molecule has 1 aromatic carbocycles. The molecule has 3 aromatic rings. The van der Waals surface area contributed by atoms with E-state index in [4.69, 9.17) is 39.5 Å². The molecular weight excluding hydrogens is 373 g/mol. The Morgan fingerprint density at radius 1 is 1.12 bits per heavy atom. The number of methoxy groups -OCH3 is 1. The minimum absolute atomic E-state index is 0.214. The maximum atomic E-state index is 11.7. The van der Waals surface area contributed by atoms with Crippen molar-refractivity contribution in [1.82, 2.24) is 14.5 Å². The molecule has 0 N–H and O–H groups in total. The van der Waals surface area contributed by atoms with Crippen LogP contribution in [0, 0.1) is 6.92 Å². The van der Waals surface area contributed by atoms with Gasteiger partial charge in [0, 0.05) is 0 Å². The van der Waals surface area contributed by atoms with Gasteiger partial charge in [0.2, 0.25) is 0 Å². The van der Waals surface area contributed by atoms with Gasteiger partial charge in [0.1, 0.15) is 11.3 Å². The van der Waals surface area contributed by atoms with Gasteiger partial charge in [0.15, 0.2) is 11.3 Å². The Balaban J connectivity index is 2.10. The number of pyridine rings is 1. The van der Waals surface area contributed by atoms with Crippen LogP contribution in [0.3, 0.4) is 0 Å². The summed E-state index contributed by atoms with van der Waals surface area (Å²) in [6.45, 7) is 2.25. The number of hydrogen-bond acceptors (Lipinski definition) is 4. The number of carbonyl (C=O) groups excluding carboxylic acids is 1. The summed E-state index contributed by atoms with van der Waals surface area (Å²) in [5, 5.41) is 1.08. The summed E-state index contributed by atoms with van der Waals surface area (Å²) in [6.07, 6.45) is 0. The highest BCUT2D eigenvalue weighted by Crippen LogP contribution is 2.33. The van der Waals surface area contributed by atoms with Crippen molar-refractivity contribution in [1.29, 1.82) is 0 Å². The Labute approximate surface area is 153 Å². The molecule has 0 radical (unpaired) electrons. The van der Waals surface area contributed by atoms with Crippen LogP contribution in [0.1, 0.15) is 21.9 Å². The first kappa shape index (κ1) is 17.0. The van der Waals surface area contributed by atoms with Crippen molar-refractivity contribution in [2.75, 3.05) is 7.11 Å². The maximum Gasteiger partial charge on any atom is 0.356 e. The number of rotatable bonds is 3. The molecule has 124 valence electrons. The minimum atomic E-state index is -0.505.